The molecular formula is C13H19N3O2S. The normalized spacial score (nSPS) is 10.1. The summed E-state index contributed by atoms with van der Waals surface area (Å²) < 4.78 is 5.14. The number of hydrogen-bond acceptors (Lipinski definition) is 4. The number of amides is 1. The van der Waals surface area contributed by atoms with E-state index in [1.807, 2.05) is 13.8 Å². The zero-order valence-corrected chi connectivity index (χ0v) is 12.1. The summed E-state index contributed by atoms with van der Waals surface area (Å²) in [6.07, 6.45) is 0. The second kappa shape index (κ2) is 6.94. The summed E-state index contributed by atoms with van der Waals surface area (Å²) in [5, 5.41) is 5.81. The van der Waals surface area contributed by atoms with Gasteiger partial charge in [-0.25, -0.2) is 0 Å². The van der Waals surface area contributed by atoms with Crippen LogP contribution < -0.4 is 21.1 Å². The van der Waals surface area contributed by atoms with E-state index in [1.165, 1.54) is 0 Å². The molecule has 1 aromatic carbocycles. The van der Waals surface area contributed by atoms with E-state index in [1.54, 1.807) is 25.3 Å². The molecule has 0 radical (unpaired) electrons. The number of methoxy groups -OCH3 is 1. The van der Waals surface area contributed by atoms with Gasteiger partial charge in [0.15, 0.2) is 0 Å². The Labute approximate surface area is 118 Å². The second-order valence-electron chi connectivity index (χ2n) is 4.35. The maximum atomic E-state index is 11.6. The standard InChI is InChI=1S/C13H19N3O2S/c1-8(2)16-12(17)7-15-11-6-9(18-3)4-5-10(11)13(14)19/h4-6,8,15H,7H2,1-3H3,(H2,14,19)(H,16,17). The molecule has 1 amide bonds. The third-order valence-electron chi connectivity index (χ3n) is 2.38. The number of benzene rings is 1. The van der Waals surface area contributed by atoms with Crippen molar-refractivity contribution in [3.63, 3.8) is 0 Å². The van der Waals surface area contributed by atoms with Crippen LogP contribution in [0.5, 0.6) is 5.75 Å². The molecule has 0 fully saturated rings. The van der Waals surface area contributed by atoms with Crippen molar-refractivity contribution in [3.05, 3.63) is 23.8 Å². The molecule has 0 bridgehead atoms. The maximum Gasteiger partial charge on any atom is 0.239 e. The van der Waals surface area contributed by atoms with Gasteiger partial charge in [0.2, 0.25) is 5.91 Å². The van der Waals surface area contributed by atoms with Crippen LogP contribution in [0.1, 0.15) is 19.4 Å². The molecule has 0 saturated carbocycles. The van der Waals surface area contributed by atoms with Gasteiger partial charge < -0.3 is 21.1 Å². The highest BCUT2D eigenvalue weighted by atomic mass is 32.1. The van der Waals surface area contributed by atoms with Crippen LogP contribution in [0.15, 0.2) is 18.2 Å². The summed E-state index contributed by atoms with van der Waals surface area (Å²) >= 11 is 4.98. The molecule has 0 spiro atoms. The van der Waals surface area contributed by atoms with E-state index < -0.39 is 0 Å². The van der Waals surface area contributed by atoms with Gasteiger partial charge in [0.25, 0.3) is 0 Å². The van der Waals surface area contributed by atoms with Crippen LogP contribution in [0.4, 0.5) is 5.69 Å². The van der Waals surface area contributed by atoms with Crippen molar-refractivity contribution >= 4 is 28.8 Å². The maximum absolute atomic E-state index is 11.6. The number of hydrogen-bond donors (Lipinski definition) is 3. The van der Waals surface area contributed by atoms with Gasteiger partial charge >= 0.3 is 0 Å². The number of carbonyl (C=O) groups excluding carboxylic acids is 1. The van der Waals surface area contributed by atoms with Crippen LogP contribution in [0.25, 0.3) is 0 Å². The largest absolute Gasteiger partial charge is 0.497 e. The molecule has 6 heteroatoms. The Morgan fingerprint density at radius 1 is 1.47 bits per heavy atom. The number of carbonyl (C=O) groups is 1. The lowest BCUT2D eigenvalue weighted by atomic mass is 10.1. The van der Waals surface area contributed by atoms with Gasteiger partial charge in [0, 0.05) is 23.4 Å². The number of thiocarbonyl (C=S) groups is 1. The molecule has 0 aliphatic rings. The van der Waals surface area contributed by atoms with Gasteiger partial charge in [0.1, 0.15) is 10.7 Å². The first kappa shape index (κ1) is 15.2. The van der Waals surface area contributed by atoms with E-state index in [0.717, 1.165) is 0 Å². The van der Waals surface area contributed by atoms with E-state index >= 15 is 0 Å². The van der Waals surface area contributed by atoms with Crippen molar-refractivity contribution in [1.29, 1.82) is 0 Å². The fraction of sp³-hybridized carbons (Fsp3) is 0.385. The molecule has 0 aromatic heterocycles. The van der Waals surface area contributed by atoms with Crippen molar-refractivity contribution in [2.45, 2.75) is 19.9 Å². The van der Waals surface area contributed by atoms with Crippen LogP contribution in [-0.2, 0) is 4.79 Å². The Hall–Kier alpha value is -1.82. The quantitative estimate of drug-likeness (QED) is 0.685. The Morgan fingerprint density at radius 2 is 2.16 bits per heavy atom. The lowest BCUT2D eigenvalue weighted by Crippen LogP contribution is -2.35. The minimum Gasteiger partial charge on any atom is -0.497 e. The van der Waals surface area contributed by atoms with Crippen LogP contribution in [0, 0.1) is 0 Å². The van der Waals surface area contributed by atoms with Gasteiger partial charge in [-0.2, -0.15) is 0 Å². The van der Waals surface area contributed by atoms with Crippen LogP contribution in [0.2, 0.25) is 0 Å². The highest BCUT2D eigenvalue weighted by Gasteiger charge is 2.09. The summed E-state index contributed by atoms with van der Waals surface area (Å²) in [5.41, 5.74) is 7.02. The van der Waals surface area contributed by atoms with E-state index in [9.17, 15) is 4.79 Å². The van der Waals surface area contributed by atoms with Crippen molar-refractivity contribution in [2.24, 2.45) is 5.73 Å². The lowest BCUT2D eigenvalue weighted by Gasteiger charge is -2.14. The Bertz CT molecular complexity index is 475. The van der Waals surface area contributed by atoms with Gasteiger partial charge in [-0.3, -0.25) is 4.79 Å². The molecule has 0 aliphatic heterocycles. The molecule has 1 aromatic rings. The van der Waals surface area contributed by atoms with Crippen LogP contribution >= 0.6 is 12.2 Å². The smallest absolute Gasteiger partial charge is 0.239 e. The first-order valence-corrected chi connectivity index (χ1v) is 6.36. The first-order valence-electron chi connectivity index (χ1n) is 5.95. The summed E-state index contributed by atoms with van der Waals surface area (Å²) in [6, 6.07) is 5.41. The van der Waals surface area contributed by atoms with Crippen LogP contribution in [0.3, 0.4) is 0 Å². The highest BCUT2D eigenvalue weighted by Crippen LogP contribution is 2.22. The predicted octanol–water partition coefficient (Wildman–Crippen LogP) is 1.27. The molecule has 0 heterocycles. The van der Waals surface area contributed by atoms with Crippen LogP contribution in [-0.4, -0.2) is 30.6 Å². The topological polar surface area (TPSA) is 76.4 Å². The average molecular weight is 281 g/mol. The van der Waals surface area contributed by atoms with Gasteiger partial charge in [0.05, 0.1) is 13.7 Å². The minimum atomic E-state index is -0.0910. The molecule has 0 saturated heterocycles. The molecule has 0 aliphatic carbocycles. The molecular weight excluding hydrogens is 262 g/mol. The fourth-order valence-electron chi connectivity index (χ4n) is 1.56. The summed E-state index contributed by atoms with van der Waals surface area (Å²) in [4.78, 5) is 11.9. The van der Waals surface area contributed by atoms with Crippen molar-refractivity contribution in [3.8, 4) is 5.75 Å². The second-order valence-corrected chi connectivity index (χ2v) is 4.79. The summed E-state index contributed by atoms with van der Waals surface area (Å²) in [7, 11) is 1.57. The molecule has 104 valence electrons. The van der Waals surface area contributed by atoms with Gasteiger partial charge in [-0.15, -0.1) is 0 Å². The Morgan fingerprint density at radius 3 is 2.68 bits per heavy atom. The minimum absolute atomic E-state index is 0.0910. The third-order valence-corrected chi connectivity index (χ3v) is 2.60. The molecule has 0 unspecified atom stereocenters. The zero-order chi connectivity index (χ0) is 14.4. The molecule has 1 rings (SSSR count). The SMILES string of the molecule is COc1ccc(C(N)=S)c(NCC(=O)NC(C)C)c1. The third kappa shape index (κ3) is 4.75. The van der Waals surface area contributed by atoms with Crippen molar-refractivity contribution in [2.75, 3.05) is 19.0 Å². The Kier molecular flexibility index (Phi) is 5.57. The zero-order valence-electron chi connectivity index (χ0n) is 11.3. The average Bonchev–Trinajstić information content (AvgIpc) is 2.34. The molecule has 0 atom stereocenters. The van der Waals surface area contributed by atoms with Gasteiger partial charge in [-0.05, 0) is 26.0 Å². The van der Waals surface area contributed by atoms with Crippen molar-refractivity contribution < 1.29 is 9.53 Å². The number of ether oxygens (including phenoxy) is 1. The number of rotatable bonds is 6. The number of nitrogens with two attached hydrogens (primary N) is 1. The van der Waals surface area contributed by atoms with Gasteiger partial charge in [-0.1, -0.05) is 12.2 Å². The number of nitrogens with one attached hydrogen (secondary N) is 2. The molecule has 4 N–H and O–H groups in total. The number of anilines is 1. The van der Waals surface area contributed by atoms with Crippen molar-refractivity contribution in [1.82, 2.24) is 5.32 Å². The predicted molar refractivity (Wildman–Crippen MR) is 80.6 cm³/mol. The fourth-order valence-corrected chi connectivity index (χ4v) is 1.74. The molecule has 5 nitrogen and oxygen atoms in total. The monoisotopic (exact) mass is 281 g/mol. The van der Waals surface area contributed by atoms with E-state index in [4.69, 9.17) is 22.7 Å². The highest BCUT2D eigenvalue weighted by molar-refractivity contribution is 7.80. The lowest BCUT2D eigenvalue weighted by molar-refractivity contribution is -0.119. The van der Waals surface area contributed by atoms with E-state index in [0.29, 0.717) is 17.0 Å². The van der Waals surface area contributed by atoms with E-state index in [-0.39, 0.29) is 23.5 Å². The first-order chi connectivity index (χ1) is 8.93. The summed E-state index contributed by atoms with van der Waals surface area (Å²) in [5.74, 6) is 0.582. The Balaban J connectivity index is 2.80. The summed E-state index contributed by atoms with van der Waals surface area (Å²) in [6.45, 7) is 3.97. The van der Waals surface area contributed by atoms with E-state index in [2.05, 4.69) is 10.6 Å². The molecule has 19 heavy (non-hydrogen) atoms.